The Bertz CT molecular complexity index is 473. The first-order valence-corrected chi connectivity index (χ1v) is 7.46. The molecule has 1 aromatic rings. The van der Waals surface area contributed by atoms with Crippen molar-refractivity contribution in [2.45, 2.75) is 38.6 Å². The molecule has 1 fully saturated rings. The number of carbonyl (C=O) groups excluding carboxylic acids is 1. The van der Waals surface area contributed by atoms with E-state index in [0.717, 1.165) is 25.9 Å². The molecule has 1 aliphatic rings. The highest BCUT2D eigenvalue weighted by Gasteiger charge is 2.21. The van der Waals surface area contributed by atoms with Crippen LogP contribution in [0, 0.1) is 5.82 Å². The monoisotopic (exact) mass is 298 g/mol. The Labute approximate surface area is 124 Å². The lowest BCUT2D eigenvalue weighted by Gasteiger charge is -2.25. The van der Waals surface area contributed by atoms with Crippen LogP contribution < -0.4 is 5.32 Å². The maximum Gasteiger partial charge on any atom is 0.244 e. The van der Waals surface area contributed by atoms with Gasteiger partial charge in [-0.2, -0.15) is 0 Å². The van der Waals surface area contributed by atoms with Crippen molar-refractivity contribution in [2.75, 3.05) is 18.4 Å². The van der Waals surface area contributed by atoms with Gasteiger partial charge in [0.25, 0.3) is 0 Å². The van der Waals surface area contributed by atoms with Crippen LogP contribution in [0.5, 0.6) is 0 Å². The Kier molecular flexibility index (Phi) is 5.24. The van der Waals surface area contributed by atoms with Gasteiger partial charge in [-0.25, -0.2) is 4.39 Å². The Hall–Kier alpha value is -1.29. The second-order valence-electron chi connectivity index (χ2n) is 5.23. The third kappa shape index (κ3) is 3.85. The first-order valence-electron chi connectivity index (χ1n) is 7.08. The Morgan fingerprint density at radius 1 is 1.30 bits per heavy atom. The van der Waals surface area contributed by atoms with Gasteiger partial charge in [-0.05, 0) is 38.0 Å². The lowest BCUT2D eigenvalue weighted by atomic mass is 10.2. The molecule has 1 heterocycles. The SMILES string of the molecule is CC(Nc1ccc(Cl)c(F)c1)C(=O)N1CCCCCC1. The summed E-state index contributed by atoms with van der Waals surface area (Å²) in [5.74, 6) is -0.409. The van der Waals surface area contributed by atoms with Crippen LogP contribution >= 0.6 is 11.6 Å². The van der Waals surface area contributed by atoms with Crippen LogP contribution in [-0.2, 0) is 4.79 Å². The molecule has 0 aromatic heterocycles. The van der Waals surface area contributed by atoms with E-state index in [1.54, 1.807) is 13.0 Å². The summed E-state index contributed by atoms with van der Waals surface area (Å²) < 4.78 is 13.4. The summed E-state index contributed by atoms with van der Waals surface area (Å²) in [6.07, 6.45) is 4.50. The Morgan fingerprint density at radius 3 is 2.55 bits per heavy atom. The maximum atomic E-state index is 13.4. The van der Waals surface area contributed by atoms with Gasteiger partial charge >= 0.3 is 0 Å². The number of hydrogen-bond acceptors (Lipinski definition) is 2. The molecular formula is C15H20ClFN2O. The lowest BCUT2D eigenvalue weighted by molar-refractivity contribution is -0.131. The standard InChI is InChI=1S/C15H20ClFN2O/c1-11(15(20)19-8-4-2-3-5-9-19)18-12-6-7-13(16)14(17)10-12/h6-7,10-11,18H,2-5,8-9H2,1H3. The number of hydrogen-bond donors (Lipinski definition) is 1. The molecule has 1 aromatic carbocycles. The molecule has 1 unspecified atom stereocenters. The van der Waals surface area contributed by atoms with Crippen LogP contribution in [0.25, 0.3) is 0 Å². The molecule has 1 saturated heterocycles. The largest absolute Gasteiger partial charge is 0.374 e. The zero-order valence-corrected chi connectivity index (χ0v) is 12.4. The number of anilines is 1. The van der Waals surface area contributed by atoms with Crippen LogP contribution in [0.3, 0.4) is 0 Å². The van der Waals surface area contributed by atoms with Gasteiger partial charge < -0.3 is 10.2 Å². The minimum atomic E-state index is -0.480. The third-order valence-corrected chi connectivity index (χ3v) is 3.90. The average Bonchev–Trinajstić information content (AvgIpc) is 2.71. The van der Waals surface area contributed by atoms with E-state index in [9.17, 15) is 9.18 Å². The van der Waals surface area contributed by atoms with E-state index in [2.05, 4.69) is 5.32 Å². The van der Waals surface area contributed by atoms with Gasteiger partial charge in [0, 0.05) is 18.8 Å². The van der Waals surface area contributed by atoms with E-state index in [0.29, 0.717) is 5.69 Å². The summed E-state index contributed by atoms with van der Waals surface area (Å²) in [5.41, 5.74) is 0.572. The molecule has 0 aliphatic carbocycles. The fourth-order valence-corrected chi connectivity index (χ4v) is 2.58. The van der Waals surface area contributed by atoms with Gasteiger partial charge in [-0.1, -0.05) is 24.4 Å². The van der Waals surface area contributed by atoms with Crippen molar-refractivity contribution in [1.82, 2.24) is 4.90 Å². The van der Waals surface area contributed by atoms with Gasteiger partial charge in [0.15, 0.2) is 0 Å². The van der Waals surface area contributed by atoms with E-state index in [1.165, 1.54) is 25.0 Å². The summed E-state index contributed by atoms with van der Waals surface area (Å²) in [6, 6.07) is 4.11. The van der Waals surface area contributed by atoms with E-state index in [4.69, 9.17) is 11.6 Å². The van der Waals surface area contributed by atoms with Crippen LogP contribution in [0.4, 0.5) is 10.1 Å². The van der Waals surface area contributed by atoms with Crippen molar-refractivity contribution in [1.29, 1.82) is 0 Å². The normalized spacial score (nSPS) is 17.4. The molecule has 20 heavy (non-hydrogen) atoms. The topological polar surface area (TPSA) is 32.3 Å². The number of carbonyl (C=O) groups is 1. The molecule has 1 N–H and O–H groups in total. The van der Waals surface area contributed by atoms with E-state index >= 15 is 0 Å². The van der Waals surface area contributed by atoms with E-state index in [-0.39, 0.29) is 17.0 Å². The molecule has 5 heteroatoms. The number of amides is 1. The molecule has 0 radical (unpaired) electrons. The van der Waals surface area contributed by atoms with Crippen LogP contribution in [-0.4, -0.2) is 29.9 Å². The molecule has 1 amide bonds. The van der Waals surface area contributed by atoms with Crippen molar-refractivity contribution in [3.63, 3.8) is 0 Å². The first kappa shape index (κ1) is 15.1. The summed E-state index contributed by atoms with van der Waals surface area (Å²) in [5, 5.41) is 3.12. The van der Waals surface area contributed by atoms with Gasteiger partial charge in [0.05, 0.1) is 5.02 Å². The minimum absolute atomic E-state index is 0.0715. The second kappa shape index (κ2) is 6.93. The highest BCUT2D eigenvalue weighted by atomic mass is 35.5. The average molecular weight is 299 g/mol. The fraction of sp³-hybridized carbons (Fsp3) is 0.533. The van der Waals surface area contributed by atoms with Gasteiger partial charge in [0.2, 0.25) is 5.91 Å². The van der Waals surface area contributed by atoms with E-state index < -0.39 is 5.82 Å². The predicted octanol–water partition coefficient (Wildman–Crippen LogP) is 3.68. The summed E-state index contributed by atoms with van der Waals surface area (Å²) in [6.45, 7) is 3.44. The smallest absolute Gasteiger partial charge is 0.244 e. The van der Waals surface area contributed by atoms with Gasteiger partial charge in [-0.15, -0.1) is 0 Å². The van der Waals surface area contributed by atoms with Gasteiger partial charge in [0.1, 0.15) is 11.9 Å². The lowest BCUT2D eigenvalue weighted by Crippen LogP contribution is -2.41. The molecule has 3 nitrogen and oxygen atoms in total. The molecule has 1 atom stereocenters. The molecular weight excluding hydrogens is 279 g/mol. The van der Waals surface area contributed by atoms with Crippen molar-refractivity contribution < 1.29 is 9.18 Å². The van der Waals surface area contributed by atoms with Crippen molar-refractivity contribution in [3.05, 3.63) is 29.0 Å². The summed E-state index contributed by atoms with van der Waals surface area (Å²) >= 11 is 5.64. The van der Waals surface area contributed by atoms with Crippen molar-refractivity contribution in [3.8, 4) is 0 Å². The zero-order valence-electron chi connectivity index (χ0n) is 11.7. The first-order chi connectivity index (χ1) is 9.58. The number of halogens is 2. The Balaban J connectivity index is 1.97. The zero-order chi connectivity index (χ0) is 14.5. The van der Waals surface area contributed by atoms with Crippen molar-refractivity contribution >= 4 is 23.2 Å². The van der Waals surface area contributed by atoms with Crippen LogP contribution in [0.2, 0.25) is 5.02 Å². The molecule has 0 bridgehead atoms. The van der Waals surface area contributed by atoms with Crippen molar-refractivity contribution in [2.24, 2.45) is 0 Å². The minimum Gasteiger partial charge on any atom is -0.374 e. The van der Waals surface area contributed by atoms with E-state index in [1.807, 2.05) is 4.90 Å². The molecule has 0 spiro atoms. The molecule has 2 rings (SSSR count). The van der Waals surface area contributed by atoms with Crippen LogP contribution in [0.1, 0.15) is 32.6 Å². The number of nitrogens with one attached hydrogen (secondary N) is 1. The highest BCUT2D eigenvalue weighted by molar-refractivity contribution is 6.30. The molecule has 0 saturated carbocycles. The maximum absolute atomic E-state index is 13.4. The number of nitrogens with zero attached hydrogens (tertiary/aromatic N) is 1. The van der Waals surface area contributed by atoms with Crippen LogP contribution in [0.15, 0.2) is 18.2 Å². The number of benzene rings is 1. The third-order valence-electron chi connectivity index (χ3n) is 3.59. The summed E-state index contributed by atoms with van der Waals surface area (Å²) in [7, 11) is 0. The molecule has 110 valence electrons. The number of rotatable bonds is 3. The summed E-state index contributed by atoms with van der Waals surface area (Å²) in [4.78, 5) is 14.3. The highest BCUT2D eigenvalue weighted by Crippen LogP contribution is 2.20. The van der Waals surface area contributed by atoms with Gasteiger partial charge in [-0.3, -0.25) is 4.79 Å². The fourth-order valence-electron chi connectivity index (χ4n) is 2.46. The quantitative estimate of drug-likeness (QED) is 0.923. The Morgan fingerprint density at radius 2 is 1.95 bits per heavy atom. The predicted molar refractivity (Wildman–Crippen MR) is 79.5 cm³/mol. The second-order valence-corrected chi connectivity index (χ2v) is 5.64. The molecule has 1 aliphatic heterocycles. The number of likely N-dealkylation sites (tertiary alicyclic amines) is 1.